The number of aliphatic imine (C=N–C) groups is 1. The van der Waals surface area contributed by atoms with Crippen molar-refractivity contribution in [2.75, 3.05) is 0 Å². The van der Waals surface area contributed by atoms with Crippen LogP contribution in [0.4, 0.5) is 0 Å². The van der Waals surface area contributed by atoms with Crippen molar-refractivity contribution in [1.29, 1.82) is 0 Å². The molecule has 2 unspecified atom stereocenters. The molecule has 1 saturated carbocycles. The molecular weight excluding hydrogens is 178 g/mol. The van der Waals surface area contributed by atoms with E-state index in [1.807, 2.05) is 0 Å². The molecule has 1 heterocycles. The SMILES string of the molecule is C=C1CCCC2SC(Cl)=NC12. The van der Waals surface area contributed by atoms with Crippen molar-refractivity contribution in [2.45, 2.75) is 30.6 Å². The van der Waals surface area contributed by atoms with E-state index in [4.69, 9.17) is 11.6 Å². The molecule has 3 heteroatoms. The fourth-order valence-corrected chi connectivity index (χ4v) is 3.20. The van der Waals surface area contributed by atoms with Gasteiger partial charge in [0.25, 0.3) is 0 Å². The van der Waals surface area contributed by atoms with Crippen LogP contribution in [0.2, 0.25) is 0 Å². The highest BCUT2D eigenvalue weighted by atomic mass is 35.5. The summed E-state index contributed by atoms with van der Waals surface area (Å²) in [5.41, 5.74) is 1.27. The first kappa shape index (κ1) is 7.69. The molecule has 0 amide bonds. The van der Waals surface area contributed by atoms with Gasteiger partial charge in [0.05, 0.1) is 6.04 Å². The van der Waals surface area contributed by atoms with Crippen LogP contribution in [-0.4, -0.2) is 15.8 Å². The van der Waals surface area contributed by atoms with E-state index in [2.05, 4.69) is 11.6 Å². The van der Waals surface area contributed by atoms with E-state index in [0.717, 1.165) is 10.9 Å². The zero-order chi connectivity index (χ0) is 7.84. The maximum Gasteiger partial charge on any atom is 0.159 e. The lowest BCUT2D eigenvalue weighted by Gasteiger charge is -2.24. The van der Waals surface area contributed by atoms with Crippen molar-refractivity contribution in [2.24, 2.45) is 4.99 Å². The topological polar surface area (TPSA) is 12.4 Å². The minimum atomic E-state index is 0.334. The second-order valence-electron chi connectivity index (χ2n) is 3.03. The highest BCUT2D eigenvalue weighted by Crippen LogP contribution is 2.39. The molecule has 2 atom stereocenters. The van der Waals surface area contributed by atoms with Gasteiger partial charge in [0.2, 0.25) is 0 Å². The summed E-state index contributed by atoms with van der Waals surface area (Å²) in [5, 5.41) is 0.601. The number of hydrogen-bond acceptors (Lipinski definition) is 2. The predicted octanol–water partition coefficient (Wildman–Crippen LogP) is 2.81. The maximum atomic E-state index is 5.82. The van der Waals surface area contributed by atoms with E-state index in [-0.39, 0.29) is 0 Å². The zero-order valence-corrected chi connectivity index (χ0v) is 7.79. The summed E-state index contributed by atoms with van der Waals surface area (Å²) in [6, 6.07) is 0.334. The first-order valence-corrected chi connectivity index (χ1v) is 5.11. The lowest BCUT2D eigenvalue weighted by Crippen LogP contribution is -2.23. The van der Waals surface area contributed by atoms with Crippen LogP contribution in [0.15, 0.2) is 17.1 Å². The molecule has 0 spiro atoms. The number of nitrogens with zero attached hydrogens (tertiary/aromatic N) is 1. The minimum absolute atomic E-state index is 0.334. The highest BCUT2D eigenvalue weighted by molar-refractivity contribution is 8.17. The van der Waals surface area contributed by atoms with E-state index in [0.29, 0.717) is 11.3 Å². The summed E-state index contributed by atoms with van der Waals surface area (Å²) < 4.78 is 0.725. The van der Waals surface area contributed by atoms with Crippen LogP contribution in [-0.2, 0) is 0 Å². The van der Waals surface area contributed by atoms with Crippen LogP contribution in [0.25, 0.3) is 0 Å². The standard InChI is InChI=1S/C8H10ClNS/c1-5-3-2-4-6-7(5)10-8(9)11-6/h6-7H,1-4H2. The van der Waals surface area contributed by atoms with Crippen LogP contribution < -0.4 is 0 Å². The van der Waals surface area contributed by atoms with E-state index < -0.39 is 0 Å². The number of thioether (sulfide) groups is 1. The molecule has 2 aliphatic rings. The van der Waals surface area contributed by atoms with Gasteiger partial charge in [0.15, 0.2) is 4.50 Å². The van der Waals surface area contributed by atoms with Gasteiger partial charge in [-0.1, -0.05) is 35.5 Å². The summed E-state index contributed by atoms with van der Waals surface area (Å²) >= 11 is 7.53. The molecule has 1 aliphatic heterocycles. The van der Waals surface area contributed by atoms with Crippen molar-refractivity contribution in [1.82, 2.24) is 0 Å². The Morgan fingerprint density at radius 2 is 2.45 bits per heavy atom. The zero-order valence-electron chi connectivity index (χ0n) is 6.22. The van der Waals surface area contributed by atoms with Gasteiger partial charge in [-0.25, -0.2) is 0 Å². The number of rotatable bonds is 0. The summed E-state index contributed by atoms with van der Waals surface area (Å²) in [4.78, 5) is 4.34. The van der Waals surface area contributed by atoms with Gasteiger partial charge >= 0.3 is 0 Å². The molecule has 1 aliphatic carbocycles. The van der Waals surface area contributed by atoms with Gasteiger partial charge in [0.1, 0.15) is 0 Å². The average Bonchev–Trinajstić information content (AvgIpc) is 2.31. The van der Waals surface area contributed by atoms with E-state index in [1.54, 1.807) is 11.8 Å². The lowest BCUT2D eigenvalue weighted by molar-refractivity contribution is 0.562. The second-order valence-corrected chi connectivity index (χ2v) is 4.84. The van der Waals surface area contributed by atoms with Gasteiger partial charge < -0.3 is 0 Å². The largest absolute Gasteiger partial charge is 0.258 e. The molecule has 11 heavy (non-hydrogen) atoms. The van der Waals surface area contributed by atoms with Gasteiger partial charge in [-0.3, -0.25) is 4.99 Å². The van der Waals surface area contributed by atoms with Crippen LogP contribution in [0.3, 0.4) is 0 Å². The normalized spacial score (nSPS) is 36.8. The number of fused-ring (bicyclic) bond motifs is 1. The molecule has 0 saturated heterocycles. The molecule has 1 fully saturated rings. The second kappa shape index (κ2) is 2.83. The molecule has 2 rings (SSSR count). The Bertz CT molecular complexity index is 224. The molecule has 0 aromatic carbocycles. The van der Waals surface area contributed by atoms with Crippen molar-refractivity contribution >= 4 is 27.9 Å². The third kappa shape index (κ3) is 1.34. The van der Waals surface area contributed by atoms with Crippen LogP contribution in [0.1, 0.15) is 19.3 Å². The van der Waals surface area contributed by atoms with Crippen LogP contribution >= 0.6 is 23.4 Å². The summed E-state index contributed by atoms with van der Waals surface area (Å²) in [7, 11) is 0. The minimum Gasteiger partial charge on any atom is -0.258 e. The Morgan fingerprint density at radius 3 is 3.18 bits per heavy atom. The number of hydrogen-bond donors (Lipinski definition) is 0. The lowest BCUT2D eigenvalue weighted by atomic mass is 9.91. The van der Waals surface area contributed by atoms with E-state index >= 15 is 0 Å². The van der Waals surface area contributed by atoms with Crippen molar-refractivity contribution < 1.29 is 0 Å². The first-order valence-electron chi connectivity index (χ1n) is 3.85. The fraction of sp³-hybridized carbons (Fsp3) is 0.625. The molecule has 60 valence electrons. The molecule has 1 nitrogen and oxygen atoms in total. The smallest absolute Gasteiger partial charge is 0.159 e. The van der Waals surface area contributed by atoms with Crippen LogP contribution in [0, 0.1) is 0 Å². The molecule has 0 radical (unpaired) electrons. The van der Waals surface area contributed by atoms with Crippen molar-refractivity contribution in [3.8, 4) is 0 Å². The number of halogens is 1. The highest BCUT2D eigenvalue weighted by Gasteiger charge is 2.33. The molecule has 0 aromatic heterocycles. The first-order chi connectivity index (χ1) is 5.27. The van der Waals surface area contributed by atoms with Crippen molar-refractivity contribution in [3.05, 3.63) is 12.2 Å². The summed E-state index contributed by atoms with van der Waals surface area (Å²) in [5.74, 6) is 0. The maximum absolute atomic E-state index is 5.82. The quantitative estimate of drug-likeness (QED) is 0.532. The monoisotopic (exact) mass is 187 g/mol. The van der Waals surface area contributed by atoms with Gasteiger partial charge in [-0.15, -0.1) is 0 Å². The Hall–Kier alpha value is 0.0500. The fourth-order valence-electron chi connectivity index (χ4n) is 1.66. The van der Waals surface area contributed by atoms with Crippen LogP contribution in [0.5, 0.6) is 0 Å². The third-order valence-electron chi connectivity index (χ3n) is 2.25. The summed E-state index contributed by atoms with van der Waals surface area (Å²) in [6.07, 6.45) is 3.64. The van der Waals surface area contributed by atoms with E-state index in [1.165, 1.54) is 18.4 Å². The van der Waals surface area contributed by atoms with Gasteiger partial charge in [0, 0.05) is 5.25 Å². The molecule has 0 N–H and O–H groups in total. The van der Waals surface area contributed by atoms with Gasteiger partial charge in [-0.2, -0.15) is 0 Å². The summed E-state index contributed by atoms with van der Waals surface area (Å²) in [6.45, 7) is 4.01. The third-order valence-corrected chi connectivity index (χ3v) is 3.71. The molecule has 0 aromatic rings. The Balaban J connectivity index is 2.18. The Labute approximate surface area is 75.9 Å². The van der Waals surface area contributed by atoms with E-state index in [9.17, 15) is 0 Å². The Kier molecular flexibility index (Phi) is 1.98. The average molecular weight is 188 g/mol. The molecule has 0 bridgehead atoms. The van der Waals surface area contributed by atoms with Crippen molar-refractivity contribution in [3.63, 3.8) is 0 Å². The molecular formula is C8H10ClNS. The predicted molar refractivity (Wildman–Crippen MR) is 51.4 cm³/mol. The van der Waals surface area contributed by atoms with Gasteiger partial charge in [-0.05, 0) is 19.3 Å². The Morgan fingerprint density at radius 1 is 1.64 bits per heavy atom.